The molecule has 4 heteroatoms. The van der Waals surface area contributed by atoms with Crippen LogP contribution < -0.4 is 5.32 Å². The molecule has 0 aliphatic heterocycles. The quantitative estimate of drug-likeness (QED) is 0.0423. The maximum Gasteiger partial charge on any atom is 0.220 e. The van der Waals surface area contributed by atoms with Gasteiger partial charge in [0.15, 0.2) is 0 Å². The van der Waals surface area contributed by atoms with Crippen molar-refractivity contribution in [3.8, 4) is 0 Å². The van der Waals surface area contributed by atoms with E-state index in [1.165, 1.54) is 238 Å². The van der Waals surface area contributed by atoms with E-state index in [2.05, 4.69) is 43.5 Å². The van der Waals surface area contributed by atoms with Crippen LogP contribution in [0.3, 0.4) is 0 Å². The Kier molecular flexibility index (Phi) is 49.8. The second kappa shape index (κ2) is 51.0. The van der Waals surface area contributed by atoms with Crippen molar-refractivity contribution >= 4 is 5.91 Å². The summed E-state index contributed by atoms with van der Waals surface area (Å²) >= 11 is 0. The number of aliphatic hydroxyl groups excluding tert-OH is 2. The number of aliphatic hydroxyl groups is 2. The molecule has 2 unspecified atom stereocenters. The summed E-state index contributed by atoms with van der Waals surface area (Å²) < 4.78 is 0. The highest BCUT2D eigenvalue weighted by atomic mass is 16.3. The van der Waals surface area contributed by atoms with Gasteiger partial charge in [0.2, 0.25) is 5.91 Å². The Balaban J connectivity index is 3.53. The molecule has 0 fully saturated rings. The van der Waals surface area contributed by atoms with Crippen molar-refractivity contribution in [3.63, 3.8) is 0 Å². The molecule has 4 nitrogen and oxygen atoms in total. The summed E-state index contributed by atoms with van der Waals surface area (Å²) in [5.41, 5.74) is 0. The number of hydrogen-bond donors (Lipinski definition) is 3. The molecule has 59 heavy (non-hydrogen) atoms. The lowest BCUT2D eigenvalue weighted by molar-refractivity contribution is -0.123. The second-order valence-electron chi connectivity index (χ2n) is 18.3. The van der Waals surface area contributed by atoms with Crippen molar-refractivity contribution in [2.45, 2.75) is 302 Å². The fourth-order valence-electron chi connectivity index (χ4n) is 8.27. The van der Waals surface area contributed by atoms with Crippen molar-refractivity contribution < 1.29 is 15.0 Å². The summed E-state index contributed by atoms with van der Waals surface area (Å²) in [6.07, 6.45) is 68.6. The molecule has 0 aliphatic carbocycles. The lowest BCUT2D eigenvalue weighted by atomic mass is 10.0. The zero-order chi connectivity index (χ0) is 42.8. The molecule has 0 saturated carbocycles. The van der Waals surface area contributed by atoms with Gasteiger partial charge in [0.1, 0.15) is 0 Å². The number of allylic oxidation sites excluding steroid dienone is 5. The van der Waals surface area contributed by atoms with Crippen molar-refractivity contribution in [3.05, 3.63) is 36.5 Å². The first kappa shape index (κ1) is 57.6. The molecule has 0 bridgehead atoms. The molecule has 0 aromatic rings. The number of carbonyl (C=O) groups excluding carboxylic acids is 1. The van der Waals surface area contributed by atoms with Crippen LogP contribution in [-0.4, -0.2) is 34.9 Å². The number of amides is 1. The van der Waals surface area contributed by atoms with Gasteiger partial charge in [0, 0.05) is 6.42 Å². The molecule has 3 N–H and O–H groups in total. The molecular formula is C55H105NO3. The smallest absolute Gasteiger partial charge is 0.220 e. The first-order valence-electron chi connectivity index (χ1n) is 26.7. The molecular weight excluding hydrogens is 723 g/mol. The van der Waals surface area contributed by atoms with Crippen LogP contribution in [0.15, 0.2) is 36.5 Å². The molecule has 0 spiro atoms. The van der Waals surface area contributed by atoms with Crippen LogP contribution in [-0.2, 0) is 4.79 Å². The fourth-order valence-corrected chi connectivity index (χ4v) is 8.27. The third-order valence-electron chi connectivity index (χ3n) is 12.4. The van der Waals surface area contributed by atoms with E-state index < -0.39 is 12.1 Å². The first-order valence-corrected chi connectivity index (χ1v) is 26.7. The monoisotopic (exact) mass is 828 g/mol. The van der Waals surface area contributed by atoms with Gasteiger partial charge in [-0.05, 0) is 51.4 Å². The predicted molar refractivity (Wildman–Crippen MR) is 262 cm³/mol. The summed E-state index contributed by atoms with van der Waals surface area (Å²) in [7, 11) is 0. The summed E-state index contributed by atoms with van der Waals surface area (Å²) in [5, 5.41) is 23.1. The zero-order valence-corrected chi connectivity index (χ0v) is 40.0. The molecule has 0 heterocycles. The number of rotatable bonds is 49. The van der Waals surface area contributed by atoms with E-state index in [1.54, 1.807) is 6.08 Å². The highest BCUT2D eigenvalue weighted by molar-refractivity contribution is 5.76. The Hall–Kier alpha value is -1.39. The van der Waals surface area contributed by atoms with E-state index in [4.69, 9.17) is 0 Å². The van der Waals surface area contributed by atoms with E-state index in [0.717, 1.165) is 32.1 Å². The summed E-state index contributed by atoms with van der Waals surface area (Å²) in [6.45, 7) is 4.33. The van der Waals surface area contributed by atoms with Gasteiger partial charge >= 0.3 is 0 Å². The average Bonchev–Trinajstić information content (AvgIpc) is 3.24. The SMILES string of the molecule is CCCCCCCCCCC/C=C\C/C=C\CCCCCCCCCC(=O)NC(CO)C(O)/C=C/CCCCCCCCCCCCCCCCCCCCCCCC. The largest absolute Gasteiger partial charge is 0.394 e. The average molecular weight is 828 g/mol. The minimum Gasteiger partial charge on any atom is -0.394 e. The van der Waals surface area contributed by atoms with Crippen molar-refractivity contribution in [2.75, 3.05) is 6.61 Å². The first-order chi connectivity index (χ1) is 29.2. The lowest BCUT2D eigenvalue weighted by Crippen LogP contribution is -2.45. The van der Waals surface area contributed by atoms with Gasteiger partial charge in [0.25, 0.3) is 0 Å². The standard InChI is InChI=1S/C55H105NO3/c1-3-5-7-9-11-13-15-17-19-21-23-25-27-29-30-32-34-36-38-40-42-44-46-48-50-54(58)53(52-57)56-55(59)51-49-47-45-43-41-39-37-35-33-31-28-26-24-22-20-18-16-14-12-10-8-6-4-2/h24,26,31,33,48,50,53-54,57-58H,3-23,25,27-30,32,34-47,49,51-52H2,1-2H3,(H,56,59)/b26-24-,33-31-,50-48+. The van der Waals surface area contributed by atoms with E-state index >= 15 is 0 Å². The molecule has 0 radical (unpaired) electrons. The molecule has 348 valence electrons. The molecule has 0 aliphatic rings. The third-order valence-corrected chi connectivity index (χ3v) is 12.4. The van der Waals surface area contributed by atoms with E-state index in [0.29, 0.717) is 6.42 Å². The minimum atomic E-state index is -0.843. The molecule has 0 aromatic heterocycles. The highest BCUT2D eigenvalue weighted by Crippen LogP contribution is 2.17. The van der Waals surface area contributed by atoms with E-state index in [9.17, 15) is 15.0 Å². The zero-order valence-electron chi connectivity index (χ0n) is 40.0. The van der Waals surface area contributed by atoms with Crippen LogP contribution >= 0.6 is 0 Å². The van der Waals surface area contributed by atoms with Gasteiger partial charge in [-0.15, -0.1) is 0 Å². The van der Waals surface area contributed by atoms with Gasteiger partial charge in [-0.25, -0.2) is 0 Å². The normalized spacial score (nSPS) is 13.1. The van der Waals surface area contributed by atoms with Gasteiger partial charge in [-0.3, -0.25) is 4.79 Å². The lowest BCUT2D eigenvalue weighted by Gasteiger charge is -2.20. The molecule has 2 atom stereocenters. The van der Waals surface area contributed by atoms with Crippen LogP contribution in [0.25, 0.3) is 0 Å². The summed E-state index contributed by atoms with van der Waals surface area (Å²) in [6, 6.07) is -0.627. The Bertz CT molecular complexity index is 897. The molecule has 0 saturated heterocycles. The highest BCUT2D eigenvalue weighted by Gasteiger charge is 2.18. The molecule has 0 aromatic carbocycles. The maximum absolute atomic E-state index is 12.4. The Morgan fingerprint density at radius 3 is 1.02 bits per heavy atom. The van der Waals surface area contributed by atoms with Crippen LogP contribution in [0.4, 0.5) is 0 Å². The Morgan fingerprint density at radius 2 is 0.695 bits per heavy atom. The van der Waals surface area contributed by atoms with Gasteiger partial charge in [-0.2, -0.15) is 0 Å². The van der Waals surface area contributed by atoms with Crippen molar-refractivity contribution in [2.24, 2.45) is 0 Å². The number of hydrogen-bond acceptors (Lipinski definition) is 3. The van der Waals surface area contributed by atoms with Crippen LogP contribution in [0, 0.1) is 0 Å². The number of carbonyl (C=O) groups is 1. The fraction of sp³-hybridized carbons (Fsp3) is 0.873. The maximum atomic E-state index is 12.4. The molecule has 1 amide bonds. The van der Waals surface area contributed by atoms with Gasteiger partial charge in [-0.1, -0.05) is 269 Å². The summed E-state index contributed by atoms with van der Waals surface area (Å²) in [4.78, 5) is 12.4. The summed E-state index contributed by atoms with van der Waals surface area (Å²) in [5.74, 6) is -0.0683. The number of unbranched alkanes of at least 4 members (excludes halogenated alkanes) is 38. The van der Waals surface area contributed by atoms with Crippen molar-refractivity contribution in [1.29, 1.82) is 0 Å². The Labute approximate surface area is 370 Å². The third kappa shape index (κ3) is 47.5. The topological polar surface area (TPSA) is 69.6 Å². The predicted octanol–water partition coefficient (Wildman–Crippen LogP) is 17.3. The van der Waals surface area contributed by atoms with Crippen LogP contribution in [0.2, 0.25) is 0 Å². The number of nitrogens with one attached hydrogen (secondary N) is 1. The molecule has 0 rings (SSSR count). The van der Waals surface area contributed by atoms with E-state index in [1.807, 2.05) is 6.08 Å². The van der Waals surface area contributed by atoms with Gasteiger partial charge in [0.05, 0.1) is 18.8 Å². The second-order valence-corrected chi connectivity index (χ2v) is 18.3. The van der Waals surface area contributed by atoms with Crippen molar-refractivity contribution in [1.82, 2.24) is 5.32 Å². The van der Waals surface area contributed by atoms with Crippen LogP contribution in [0.5, 0.6) is 0 Å². The van der Waals surface area contributed by atoms with Crippen LogP contribution in [0.1, 0.15) is 290 Å². The van der Waals surface area contributed by atoms with Gasteiger partial charge < -0.3 is 15.5 Å². The Morgan fingerprint density at radius 1 is 0.407 bits per heavy atom. The minimum absolute atomic E-state index is 0.0683. The van der Waals surface area contributed by atoms with E-state index in [-0.39, 0.29) is 12.5 Å².